The fourth-order valence-electron chi connectivity index (χ4n) is 1.61. The Labute approximate surface area is 113 Å². The molecule has 6 heteroatoms. The molecule has 0 aromatic heterocycles. The van der Waals surface area contributed by atoms with E-state index in [0.29, 0.717) is 23.3 Å². The van der Waals surface area contributed by atoms with Gasteiger partial charge in [-0.05, 0) is 37.5 Å². The van der Waals surface area contributed by atoms with Crippen LogP contribution in [0.3, 0.4) is 0 Å². The van der Waals surface area contributed by atoms with Gasteiger partial charge in [0.05, 0.1) is 16.5 Å². The molecule has 1 aromatic rings. The van der Waals surface area contributed by atoms with Crippen LogP contribution in [0.1, 0.15) is 18.4 Å². The lowest BCUT2D eigenvalue weighted by Crippen LogP contribution is -2.28. The zero-order valence-electron chi connectivity index (χ0n) is 10.2. The predicted molar refractivity (Wildman–Crippen MR) is 74.6 cm³/mol. The van der Waals surface area contributed by atoms with Crippen molar-refractivity contribution in [3.8, 4) is 0 Å². The van der Waals surface area contributed by atoms with Gasteiger partial charge in [-0.15, -0.1) is 0 Å². The van der Waals surface area contributed by atoms with E-state index in [1.807, 2.05) is 13.0 Å². The number of anilines is 1. The third-order valence-electron chi connectivity index (χ3n) is 2.77. The summed E-state index contributed by atoms with van der Waals surface area (Å²) in [6.45, 7) is 2.38. The highest BCUT2D eigenvalue weighted by atomic mass is 35.5. The van der Waals surface area contributed by atoms with Crippen molar-refractivity contribution in [2.24, 2.45) is 0 Å². The molecule has 1 aromatic carbocycles. The summed E-state index contributed by atoms with van der Waals surface area (Å²) in [4.78, 5) is 0. The Kier molecular flexibility index (Phi) is 4.14. The molecular weight excluding hydrogens is 272 g/mol. The van der Waals surface area contributed by atoms with Gasteiger partial charge in [-0.1, -0.05) is 17.7 Å². The molecule has 0 aliphatic heterocycles. The molecule has 0 unspecified atom stereocenters. The summed E-state index contributed by atoms with van der Waals surface area (Å²) in [5.41, 5.74) is 1.44. The summed E-state index contributed by atoms with van der Waals surface area (Å²) in [5, 5.41) is 3.59. The summed E-state index contributed by atoms with van der Waals surface area (Å²) < 4.78 is 26.2. The first-order valence-corrected chi connectivity index (χ1v) is 7.99. The van der Waals surface area contributed by atoms with Crippen molar-refractivity contribution in [1.82, 2.24) is 5.32 Å². The van der Waals surface area contributed by atoms with Gasteiger partial charge >= 0.3 is 0 Å². The topological polar surface area (TPSA) is 58.2 Å². The number of hydrogen-bond acceptors (Lipinski definition) is 3. The first kappa shape index (κ1) is 13.6. The van der Waals surface area contributed by atoms with Crippen molar-refractivity contribution in [2.45, 2.75) is 25.8 Å². The van der Waals surface area contributed by atoms with E-state index in [2.05, 4.69) is 10.0 Å². The van der Waals surface area contributed by atoms with Crippen LogP contribution in [0.4, 0.5) is 5.69 Å². The van der Waals surface area contributed by atoms with E-state index < -0.39 is 10.0 Å². The van der Waals surface area contributed by atoms with Crippen LogP contribution in [0.5, 0.6) is 0 Å². The number of sulfonamides is 1. The van der Waals surface area contributed by atoms with Gasteiger partial charge < -0.3 is 5.32 Å². The molecule has 0 spiro atoms. The van der Waals surface area contributed by atoms with Crippen LogP contribution in [0.25, 0.3) is 0 Å². The fourth-order valence-corrected chi connectivity index (χ4v) is 2.95. The molecule has 0 bridgehead atoms. The second-order valence-electron chi connectivity index (χ2n) is 4.63. The molecule has 1 fully saturated rings. The molecule has 0 heterocycles. The van der Waals surface area contributed by atoms with Gasteiger partial charge in [-0.3, -0.25) is 4.72 Å². The van der Waals surface area contributed by atoms with Crippen LogP contribution < -0.4 is 10.0 Å². The highest BCUT2D eigenvalue weighted by Crippen LogP contribution is 2.23. The Hall–Kier alpha value is -0.780. The monoisotopic (exact) mass is 288 g/mol. The number of benzene rings is 1. The van der Waals surface area contributed by atoms with Crippen LogP contribution >= 0.6 is 11.6 Å². The van der Waals surface area contributed by atoms with Crippen LogP contribution in [-0.4, -0.2) is 26.8 Å². The molecule has 2 N–H and O–H groups in total. The number of hydrogen-bond donors (Lipinski definition) is 2. The second kappa shape index (κ2) is 5.47. The number of nitrogens with one attached hydrogen (secondary N) is 2. The lowest BCUT2D eigenvalue weighted by molar-refractivity contribution is 0.595. The van der Waals surface area contributed by atoms with Crippen molar-refractivity contribution in [3.05, 3.63) is 28.8 Å². The van der Waals surface area contributed by atoms with E-state index >= 15 is 0 Å². The lowest BCUT2D eigenvalue weighted by atomic mass is 10.2. The molecule has 1 saturated carbocycles. The Bertz CT molecular complexity index is 527. The number of aryl methyl sites for hydroxylation is 1. The summed E-state index contributed by atoms with van der Waals surface area (Å²) in [7, 11) is -3.33. The molecule has 1 aliphatic carbocycles. The van der Waals surface area contributed by atoms with Gasteiger partial charge in [0.2, 0.25) is 10.0 Å². The Balaban J connectivity index is 1.93. The van der Waals surface area contributed by atoms with E-state index in [1.54, 1.807) is 12.1 Å². The Morgan fingerprint density at radius 3 is 2.72 bits per heavy atom. The molecule has 0 radical (unpaired) electrons. The molecule has 100 valence electrons. The Morgan fingerprint density at radius 2 is 2.11 bits per heavy atom. The average Bonchev–Trinajstić information content (AvgIpc) is 3.06. The molecule has 0 atom stereocenters. The molecule has 4 nitrogen and oxygen atoms in total. The Morgan fingerprint density at radius 1 is 1.39 bits per heavy atom. The van der Waals surface area contributed by atoms with Crippen LogP contribution in [0, 0.1) is 6.92 Å². The van der Waals surface area contributed by atoms with Crippen molar-refractivity contribution in [3.63, 3.8) is 0 Å². The maximum Gasteiger partial charge on any atom is 0.234 e. The maximum atomic E-state index is 11.8. The largest absolute Gasteiger partial charge is 0.313 e. The molecule has 1 aliphatic rings. The lowest BCUT2D eigenvalue weighted by Gasteiger charge is -2.10. The molecule has 0 amide bonds. The average molecular weight is 289 g/mol. The third-order valence-corrected chi connectivity index (χ3v) is 4.36. The van der Waals surface area contributed by atoms with E-state index in [-0.39, 0.29) is 5.75 Å². The van der Waals surface area contributed by atoms with Crippen LogP contribution in [0.2, 0.25) is 5.02 Å². The van der Waals surface area contributed by atoms with E-state index in [4.69, 9.17) is 11.6 Å². The fraction of sp³-hybridized carbons (Fsp3) is 0.500. The number of rotatable bonds is 6. The minimum absolute atomic E-state index is 0.0632. The third kappa shape index (κ3) is 4.15. The summed E-state index contributed by atoms with van der Waals surface area (Å²) in [6, 6.07) is 5.76. The van der Waals surface area contributed by atoms with Crippen molar-refractivity contribution in [1.29, 1.82) is 0 Å². The zero-order valence-corrected chi connectivity index (χ0v) is 11.8. The van der Waals surface area contributed by atoms with Crippen molar-refractivity contribution in [2.75, 3.05) is 17.0 Å². The van der Waals surface area contributed by atoms with Gasteiger partial charge in [-0.25, -0.2) is 8.42 Å². The minimum atomic E-state index is -3.33. The van der Waals surface area contributed by atoms with Gasteiger partial charge in [0.15, 0.2) is 0 Å². The second-order valence-corrected chi connectivity index (χ2v) is 6.88. The normalized spacial score (nSPS) is 15.7. The molecule has 2 rings (SSSR count). The summed E-state index contributed by atoms with van der Waals surface area (Å²) in [6.07, 6.45) is 2.30. The quantitative estimate of drug-likeness (QED) is 0.843. The summed E-state index contributed by atoms with van der Waals surface area (Å²) >= 11 is 5.99. The molecular formula is C12H17ClN2O2S. The molecule has 0 saturated heterocycles. The van der Waals surface area contributed by atoms with Gasteiger partial charge in [0.25, 0.3) is 0 Å². The van der Waals surface area contributed by atoms with E-state index in [1.165, 1.54) is 0 Å². The zero-order chi connectivity index (χ0) is 13.2. The van der Waals surface area contributed by atoms with Gasteiger partial charge in [0, 0.05) is 12.6 Å². The standard InChI is InChI=1S/C12H17ClN2O2S/c1-9-2-5-12(11(13)8-9)15-18(16,17)7-6-14-10-3-4-10/h2,5,8,10,14-15H,3-4,6-7H2,1H3. The highest BCUT2D eigenvalue weighted by Gasteiger charge is 2.21. The van der Waals surface area contributed by atoms with Gasteiger partial charge in [0.1, 0.15) is 0 Å². The SMILES string of the molecule is Cc1ccc(NS(=O)(=O)CCNC2CC2)c(Cl)c1. The summed E-state index contributed by atoms with van der Waals surface area (Å²) in [5.74, 6) is 0.0632. The predicted octanol–water partition coefficient (Wildman–Crippen LogP) is 2.14. The van der Waals surface area contributed by atoms with Crippen LogP contribution in [-0.2, 0) is 10.0 Å². The van der Waals surface area contributed by atoms with Crippen molar-refractivity contribution < 1.29 is 8.42 Å². The van der Waals surface area contributed by atoms with Crippen molar-refractivity contribution >= 4 is 27.3 Å². The minimum Gasteiger partial charge on any atom is -0.313 e. The highest BCUT2D eigenvalue weighted by molar-refractivity contribution is 7.92. The van der Waals surface area contributed by atoms with E-state index in [0.717, 1.165) is 18.4 Å². The molecule has 18 heavy (non-hydrogen) atoms. The first-order chi connectivity index (χ1) is 8.46. The van der Waals surface area contributed by atoms with Crippen LogP contribution in [0.15, 0.2) is 18.2 Å². The van der Waals surface area contributed by atoms with Gasteiger partial charge in [-0.2, -0.15) is 0 Å². The maximum absolute atomic E-state index is 11.8. The van der Waals surface area contributed by atoms with E-state index in [9.17, 15) is 8.42 Å². The number of halogens is 1. The first-order valence-electron chi connectivity index (χ1n) is 5.96. The smallest absolute Gasteiger partial charge is 0.234 e.